The average molecular weight is 576 g/mol. The minimum atomic E-state index is -3.72. The monoisotopic (exact) mass is 575 g/mol. The van der Waals surface area contributed by atoms with Crippen molar-refractivity contribution in [2.45, 2.75) is 11.3 Å². The lowest BCUT2D eigenvalue weighted by Crippen LogP contribution is -2.37. The van der Waals surface area contributed by atoms with E-state index in [2.05, 4.69) is 24.9 Å². The van der Waals surface area contributed by atoms with Crippen molar-refractivity contribution in [2.75, 3.05) is 56.6 Å². The Bertz CT molecular complexity index is 1510. The smallest absolute Gasteiger partial charge is 0.261 e. The van der Waals surface area contributed by atoms with E-state index >= 15 is 0 Å². The SMILES string of the molecule is COc1ccc(S(=O)(=O)Nc2ccc(Nc3cc(-c4ccc(OCCCN5CCOCC5)cc4)ncn3)cc2)cc1. The molecule has 1 aliphatic heterocycles. The Morgan fingerprint density at radius 1 is 0.878 bits per heavy atom. The summed E-state index contributed by atoms with van der Waals surface area (Å²) in [6.07, 6.45) is 2.48. The van der Waals surface area contributed by atoms with Gasteiger partial charge in [-0.3, -0.25) is 9.62 Å². The molecule has 0 radical (unpaired) electrons. The van der Waals surface area contributed by atoms with Crippen LogP contribution in [0, 0.1) is 0 Å². The Kier molecular flexibility index (Phi) is 9.29. The van der Waals surface area contributed by atoms with Crippen molar-refractivity contribution in [3.8, 4) is 22.8 Å². The number of nitrogens with one attached hydrogen (secondary N) is 2. The molecule has 0 amide bonds. The van der Waals surface area contributed by atoms with Crippen molar-refractivity contribution in [3.05, 3.63) is 85.2 Å². The van der Waals surface area contributed by atoms with Crippen molar-refractivity contribution < 1.29 is 22.6 Å². The third kappa shape index (κ3) is 7.94. The number of rotatable bonds is 12. The largest absolute Gasteiger partial charge is 0.497 e. The molecule has 1 fully saturated rings. The third-order valence-electron chi connectivity index (χ3n) is 6.59. The summed E-state index contributed by atoms with van der Waals surface area (Å²) in [5, 5.41) is 3.24. The first-order valence-electron chi connectivity index (χ1n) is 13.4. The van der Waals surface area contributed by atoms with E-state index < -0.39 is 10.0 Å². The van der Waals surface area contributed by atoms with Gasteiger partial charge in [-0.2, -0.15) is 0 Å². The molecule has 41 heavy (non-hydrogen) atoms. The van der Waals surface area contributed by atoms with E-state index in [0.29, 0.717) is 23.9 Å². The summed E-state index contributed by atoms with van der Waals surface area (Å²) >= 11 is 0. The van der Waals surface area contributed by atoms with Gasteiger partial charge < -0.3 is 19.5 Å². The third-order valence-corrected chi connectivity index (χ3v) is 7.98. The number of sulfonamides is 1. The van der Waals surface area contributed by atoms with Crippen LogP contribution in [-0.4, -0.2) is 69.9 Å². The highest BCUT2D eigenvalue weighted by atomic mass is 32.2. The Morgan fingerprint density at radius 3 is 2.27 bits per heavy atom. The molecule has 0 bridgehead atoms. The molecule has 1 saturated heterocycles. The van der Waals surface area contributed by atoms with Gasteiger partial charge in [-0.1, -0.05) is 0 Å². The molecular formula is C30H33N5O5S. The van der Waals surface area contributed by atoms with E-state index in [1.807, 2.05) is 30.3 Å². The summed E-state index contributed by atoms with van der Waals surface area (Å²) in [7, 11) is -2.19. The first-order valence-corrected chi connectivity index (χ1v) is 14.9. The lowest BCUT2D eigenvalue weighted by molar-refractivity contribution is 0.0358. The lowest BCUT2D eigenvalue weighted by Gasteiger charge is -2.26. The van der Waals surface area contributed by atoms with Crippen molar-refractivity contribution in [3.63, 3.8) is 0 Å². The summed E-state index contributed by atoms with van der Waals surface area (Å²) in [4.78, 5) is 11.3. The maximum absolute atomic E-state index is 12.7. The van der Waals surface area contributed by atoms with Crippen LogP contribution < -0.4 is 19.5 Å². The van der Waals surface area contributed by atoms with Crippen LogP contribution in [0.3, 0.4) is 0 Å². The molecule has 0 spiro atoms. The molecule has 11 heteroatoms. The van der Waals surface area contributed by atoms with Crippen molar-refractivity contribution >= 4 is 27.2 Å². The van der Waals surface area contributed by atoms with Crippen LogP contribution in [0.5, 0.6) is 11.5 Å². The minimum Gasteiger partial charge on any atom is -0.497 e. The van der Waals surface area contributed by atoms with Gasteiger partial charge in [0.1, 0.15) is 23.6 Å². The first kappa shape index (κ1) is 28.3. The number of ether oxygens (including phenoxy) is 3. The molecule has 0 aliphatic carbocycles. The molecule has 0 unspecified atom stereocenters. The van der Waals surface area contributed by atoms with Crippen molar-refractivity contribution in [1.29, 1.82) is 0 Å². The molecule has 3 aromatic carbocycles. The van der Waals surface area contributed by atoms with E-state index in [9.17, 15) is 8.42 Å². The predicted molar refractivity (Wildman–Crippen MR) is 158 cm³/mol. The second kappa shape index (κ2) is 13.4. The summed E-state index contributed by atoms with van der Waals surface area (Å²) < 4.78 is 44.4. The quantitative estimate of drug-likeness (QED) is 0.230. The van der Waals surface area contributed by atoms with Gasteiger partial charge in [-0.15, -0.1) is 0 Å². The van der Waals surface area contributed by atoms with E-state index in [1.165, 1.54) is 25.6 Å². The zero-order chi connectivity index (χ0) is 28.5. The van der Waals surface area contributed by atoms with Gasteiger partial charge in [0.25, 0.3) is 10.0 Å². The highest BCUT2D eigenvalue weighted by molar-refractivity contribution is 7.92. The zero-order valence-corrected chi connectivity index (χ0v) is 23.6. The predicted octanol–water partition coefficient (Wildman–Crippen LogP) is 4.80. The topological polar surface area (TPSA) is 115 Å². The van der Waals surface area contributed by atoms with Gasteiger partial charge >= 0.3 is 0 Å². The number of nitrogens with zero attached hydrogens (tertiary/aromatic N) is 3. The van der Waals surface area contributed by atoms with E-state index in [-0.39, 0.29) is 4.90 Å². The number of hydrogen-bond donors (Lipinski definition) is 2. The second-order valence-electron chi connectivity index (χ2n) is 9.45. The number of aromatic nitrogens is 2. The number of anilines is 3. The summed E-state index contributed by atoms with van der Waals surface area (Å²) in [6, 6.07) is 22.8. The second-order valence-corrected chi connectivity index (χ2v) is 11.1. The standard InChI is InChI=1S/C30H33N5O5S/c1-38-26-11-13-28(14-12-26)41(36,37)34-25-7-5-24(6-8-25)33-30-21-29(31-22-32-30)23-3-9-27(10-4-23)40-18-2-15-35-16-19-39-20-17-35/h3-14,21-22,34H,2,15-20H2,1H3,(H,31,32,33). The fourth-order valence-corrected chi connectivity index (χ4v) is 5.41. The maximum Gasteiger partial charge on any atom is 0.261 e. The van der Waals surface area contributed by atoms with E-state index in [4.69, 9.17) is 14.2 Å². The Balaban J connectivity index is 1.14. The molecule has 0 saturated carbocycles. The Morgan fingerprint density at radius 2 is 1.56 bits per heavy atom. The molecule has 5 rings (SSSR count). The van der Waals surface area contributed by atoms with Crippen LogP contribution in [-0.2, 0) is 14.8 Å². The van der Waals surface area contributed by atoms with Crippen LogP contribution >= 0.6 is 0 Å². The highest BCUT2D eigenvalue weighted by Gasteiger charge is 2.14. The Hall–Kier alpha value is -4.19. The van der Waals surface area contributed by atoms with Crippen LogP contribution in [0.4, 0.5) is 17.2 Å². The number of benzene rings is 3. The number of morpholine rings is 1. The minimum absolute atomic E-state index is 0.150. The molecule has 1 aromatic heterocycles. The highest BCUT2D eigenvalue weighted by Crippen LogP contribution is 2.25. The number of methoxy groups -OCH3 is 1. The maximum atomic E-state index is 12.7. The van der Waals surface area contributed by atoms with Crippen LogP contribution in [0.15, 0.2) is 90.1 Å². The average Bonchev–Trinajstić information content (AvgIpc) is 3.01. The van der Waals surface area contributed by atoms with Gasteiger partial charge in [0.05, 0.1) is 37.5 Å². The van der Waals surface area contributed by atoms with Gasteiger partial charge in [0, 0.05) is 42.6 Å². The molecule has 2 N–H and O–H groups in total. The van der Waals surface area contributed by atoms with Crippen LogP contribution in [0.25, 0.3) is 11.3 Å². The van der Waals surface area contributed by atoms with E-state index in [1.54, 1.807) is 36.4 Å². The molecule has 1 aliphatic rings. The van der Waals surface area contributed by atoms with Gasteiger partial charge in [0.2, 0.25) is 0 Å². The number of hydrogen-bond acceptors (Lipinski definition) is 9. The molecule has 4 aromatic rings. The summed E-state index contributed by atoms with van der Waals surface area (Å²) in [5.41, 5.74) is 2.91. The van der Waals surface area contributed by atoms with Gasteiger partial charge in [-0.05, 0) is 79.2 Å². The zero-order valence-electron chi connectivity index (χ0n) is 22.8. The molecule has 2 heterocycles. The molecule has 0 atom stereocenters. The molecule has 10 nitrogen and oxygen atoms in total. The van der Waals surface area contributed by atoms with Crippen molar-refractivity contribution in [2.24, 2.45) is 0 Å². The fraction of sp³-hybridized carbons (Fsp3) is 0.267. The lowest BCUT2D eigenvalue weighted by atomic mass is 10.1. The fourth-order valence-electron chi connectivity index (χ4n) is 4.35. The van der Waals surface area contributed by atoms with Crippen LogP contribution in [0.2, 0.25) is 0 Å². The van der Waals surface area contributed by atoms with Crippen LogP contribution in [0.1, 0.15) is 6.42 Å². The first-order chi connectivity index (χ1) is 20.0. The van der Waals surface area contributed by atoms with Gasteiger partial charge in [0.15, 0.2) is 0 Å². The van der Waals surface area contributed by atoms with E-state index in [0.717, 1.165) is 62.0 Å². The van der Waals surface area contributed by atoms with Gasteiger partial charge in [-0.25, -0.2) is 18.4 Å². The summed E-state index contributed by atoms with van der Waals surface area (Å²) in [6.45, 7) is 5.28. The molecule has 214 valence electrons. The Labute approximate surface area is 240 Å². The molecular weight excluding hydrogens is 542 g/mol. The summed E-state index contributed by atoms with van der Waals surface area (Å²) in [5.74, 6) is 2.03. The normalized spacial score (nSPS) is 13.9. The van der Waals surface area contributed by atoms with Crippen molar-refractivity contribution in [1.82, 2.24) is 14.9 Å².